The molecular formula is C11H8ClNO4S2. The number of carboxylic acids is 1. The van der Waals surface area contributed by atoms with E-state index in [1.807, 2.05) is 0 Å². The number of halogens is 1. The number of nitrogens with one attached hydrogen (secondary N) is 1. The molecular weight excluding hydrogens is 310 g/mol. The largest absolute Gasteiger partial charge is 0.478 e. The van der Waals surface area contributed by atoms with Gasteiger partial charge in [-0.05, 0) is 29.6 Å². The second-order valence-corrected chi connectivity index (χ2v) is 6.43. The predicted octanol–water partition coefficient (Wildman–Crippen LogP) is 2.90. The lowest BCUT2D eigenvalue weighted by Gasteiger charge is -2.07. The third-order valence-corrected chi connectivity index (χ3v) is 4.64. The fourth-order valence-corrected chi connectivity index (χ4v) is 3.31. The number of carboxylic acid groups (broad SMARTS) is 1. The molecule has 100 valence electrons. The smallest absolute Gasteiger partial charge is 0.337 e. The van der Waals surface area contributed by atoms with Crippen molar-refractivity contribution < 1.29 is 18.3 Å². The summed E-state index contributed by atoms with van der Waals surface area (Å²) in [6, 6.07) is 5.13. The maximum atomic E-state index is 12.0. The van der Waals surface area contributed by atoms with E-state index in [1.165, 1.54) is 23.5 Å². The highest BCUT2D eigenvalue weighted by atomic mass is 35.5. The molecule has 0 saturated heterocycles. The van der Waals surface area contributed by atoms with E-state index in [9.17, 15) is 13.2 Å². The predicted molar refractivity (Wildman–Crippen MR) is 73.5 cm³/mol. The highest BCUT2D eigenvalue weighted by Gasteiger charge is 2.18. The molecule has 0 fully saturated rings. The number of carbonyl (C=O) groups is 1. The molecule has 0 unspecified atom stereocenters. The third kappa shape index (κ3) is 3.06. The Bertz CT molecular complexity index is 710. The van der Waals surface area contributed by atoms with Gasteiger partial charge in [-0.2, -0.15) is 11.3 Å². The number of anilines is 1. The minimum atomic E-state index is -3.82. The molecule has 0 radical (unpaired) electrons. The molecule has 0 atom stereocenters. The van der Waals surface area contributed by atoms with Crippen molar-refractivity contribution >= 4 is 44.6 Å². The molecule has 0 saturated carbocycles. The van der Waals surface area contributed by atoms with Crippen LogP contribution in [0.3, 0.4) is 0 Å². The second-order valence-electron chi connectivity index (χ2n) is 3.56. The maximum Gasteiger partial charge on any atom is 0.337 e. The summed E-state index contributed by atoms with van der Waals surface area (Å²) >= 11 is 7.03. The summed E-state index contributed by atoms with van der Waals surface area (Å²) in [5.74, 6) is -1.28. The van der Waals surface area contributed by atoms with E-state index in [0.717, 1.165) is 6.07 Å². The molecule has 0 amide bonds. The lowest BCUT2D eigenvalue weighted by Crippen LogP contribution is -2.13. The van der Waals surface area contributed by atoms with Gasteiger partial charge in [0.1, 0.15) is 0 Å². The zero-order chi connectivity index (χ0) is 14.0. The Morgan fingerprint density at radius 3 is 2.63 bits per heavy atom. The maximum absolute atomic E-state index is 12.0. The van der Waals surface area contributed by atoms with Crippen molar-refractivity contribution in [1.29, 1.82) is 0 Å². The van der Waals surface area contributed by atoms with Crippen LogP contribution in [-0.2, 0) is 10.0 Å². The van der Waals surface area contributed by atoms with Crippen LogP contribution in [0, 0.1) is 0 Å². The van der Waals surface area contributed by atoms with Gasteiger partial charge in [-0.15, -0.1) is 0 Å². The van der Waals surface area contributed by atoms with E-state index < -0.39 is 16.0 Å². The number of benzene rings is 1. The van der Waals surface area contributed by atoms with E-state index in [1.54, 1.807) is 16.8 Å². The van der Waals surface area contributed by atoms with Gasteiger partial charge in [-0.3, -0.25) is 4.72 Å². The molecule has 0 aliphatic rings. The minimum absolute atomic E-state index is 0.0121. The average molecular weight is 318 g/mol. The van der Waals surface area contributed by atoms with Gasteiger partial charge in [0.2, 0.25) is 0 Å². The van der Waals surface area contributed by atoms with Gasteiger partial charge in [0.15, 0.2) is 0 Å². The van der Waals surface area contributed by atoms with Crippen molar-refractivity contribution in [2.45, 2.75) is 4.90 Å². The molecule has 19 heavy (non-hydrogen) atoms. The first kappa shape index (κ1) is 13.9. The van der Waals surface area contributed by atoms with Gasteiger partial charge in [0, 0.05) is 5.38 Å². The van der Waals surface area contributed by atoms with Crippen LogP contribution >= 0.6 is 22.9 Å². The molecule has 1 heterocycles. The summed E-state index contributed by atoms with van der Waals surface area (Å²) in [7, 11) is -3.82. The fourth-order valence-electron chi connectivity index (χ4n) is 1.37. The summed E-state index contributed by atoms with van der Waals surface area (Å²) in [6.07, 6.45) is 0. The number of sulfonamides is 1. The monoisotopic (exact) mass is 317 g/mol. The lowest BCUT2D eigenvalue weighted by atomic mass is 10.2. The van der Waals surface area contributed by atoms with Crippen molar-refractivity contribution in [3.05, 3.63) is 45.6 Å². The van der Waals surface area contributed by atoms with Crippen molar-refractivity contribution in [2.75, 3.05) is 4.72 Å². The van der Waals surface area contributed by atoms with Crippen molar-refractivity contribution in [1.82, 2.24) is 0 Å². The Hall–Kier alpha value is -1.57. The van der Waals surface area contributed by atoms with Crippen molar-refractivity contribution in [2.24, 2.45) is 0 Å². The Kier molecular flexibility index (Phi) is 3.79. The molecule has 2 rings (SSSR count). The summed E-state index contributed by atoms with van der Waals surface area (Å²) in [6.45, 7) is 0. The summed E-state index contributed by atoms with van der Waals surface area (Å²) in [4.78, 5) is 10.8. The van der Waals surface area contributed by atoms with Crippen LogP contribution in [0.1, 0.15) is 10.4 Å². The van der Waals surface area contributed by atoms with E-state index >= 15 is 0 Å². The number of aromatic carboxylic acids is 1. The second kappa shape index (κ2) is 5.20. The Balaban J connectivity index is 2.41. The van der Waals surface area contributed by atoms with Gasteiger partial charge < -0.3 is 5.11 Å². The summed E-state index contributed by atoms with van der Waals surface area (Å²) in [5.41, 5.74) is 0.173. The molecule has 0 aliphatic carbocycles. The first-order chi connectivity index (χ1) is 8.90. The number of hydrogen-bond acceptors (Lipinski definition) is 4. The molecule has 0 bridgehead atoms. The number of rotatable bonds is 4. The lowest BCUT2D eigenvalue weighted by molar-refractivity contribution is 0.0697. The Morgan fingerprint density at radius 1 is 1.32 bits per heavy atom. The molecule has 2 N–H and O–H groups in total. The highest BCUT2D eigenvalue weighted by molar-refractivity contribution is 7.92. The molecule has 0 aliphatic heterocycles. The Labute approximate surface area is 118 Å². The fraction of sp³-hybridized carbons (Fsp3) is 0. The standard InChI is InChI=1S/C11H8ClNO4S2/c12-10-2-1-8(5-9(10)11(14)15)19(16,17)13-7-3-4-18-6-7/h1-6,13H,(H,14,15). The van der Waals surface area contributed by atoms with Crippen LogP contribution < -0.4 is 4.72 Å². The zero-order valence-corrected chi connectivity index (χ0v) is 11.7. The summed E-state index contributed by atoms with van der Waals surface area (Å²) < 4.78 is 26.4. The van der Waals surface area contributed by atoms with Crippen LogP contribution in [0.4, 0.5) is 5.69 Å². The van der Waals surface area contributed by atoms with Crippen LogP contribution in [0.15, 0.2) is 39.9 Å². The molecule has 8 heteroatoms. The molecule has 5 nitrogen and oxygen atoms in total. The number of thiophene rings is 1. The van der Waals surface area contributed by atoms with Gasteiger partial charge in [0.25, 0.3) is 10.0 Å². The highest BCUT2D eigenvalue weighted by Crippen LogP contribution is 2.23. The minimum Gasteiger partial charge on any atom is -0.478 e. The van der Waals surface area contributed by atoms with Crippen LogP contribution in [-0.4, -0.2) is 19.5 Å². The first-order valence-electron chi connectivity index (χ1n) is 4.98. The van der Waals surface area contributed by atoms with Crippen molar-refractivity contribution in [3.63, 3.8) is 0 Å². The zero-order valence-electron chi connectivity index (χ0n) is 9.33. The molecule has 1 aromatic heterocycles. The van der Waals surface area contributed by atoms with Crippen LogP contribution in [0.2, 0.25) is 5.02 Å². The van der Waals surface area contributed by atoms with Gasteiger partial charge in [-0.1, -0.05) is 11.6 Å². The van der Waals surface area contributed by atoms with Gasteiger partial charge in [-0.25, -0.2) is 13.2 Å². The van der Waals surface area contributed by atoms with Crippen LogP contribution in [0.5, 0.6) is 0 Å². The van der Waals surface area contributed by atoms with Crippen LogP contribution in [0.25, 0.3) is 0 Å². The van der Waals surface area contributed by atoms with E-state index in [-0.39, 0.29) is 15.5 Å². The van der Waals surface area contributed by atoms with E-state index in [4.69, 9.17) is 16.7 Å². The van der Waals surface area contributed by atoms with Crippen molar-refractivity contribution in [3.8, 4) is 0 Å². The number of hydrogen-bond donors (Lipinski definition) is 2. The summed E-state index contributed by atoms with van der Waals surface area (Å²) in [5, 5.41) is 12.3. The van der Waals surface area contributed by atoms with Gasteiger partial charge in [0.05, 0.1) is 21.2 Å². The SMILES string of the molecule is O=C(O)c1cc(S(=O)(=O)Nc2ccsc2)ccc1Cl. The van der Waals surface area contributed by atoms with E-state index in [0.29, 0.717) is 5.69 Å². The normalized spacial score (nSPS) is 11.2. The topological polar surface area (TPSA) is 83.5 Å². The first-order valence-corrected chi connectivity index (χ1v) is 7.78. The molecule has 1 aromatic carbocycles. The Morgan fingerprint density at radius 2 is 2.05 bits per heavy atom. The van der Waals surface area contributed by atoms with Gasteiger partial charge >= 0.3 is 5.97 Å². The van der Waals surface area contributed by atoms with E-state index in [2.05, 4.69) is 4.72 Å². The molecule has 0 spiro atoms. The average Bonchev–Trinajstić information content (AvgIpc) is 2.80. The third-order valence-electron chi connectivity index (χ3n) is 2.25. The quantitative estimate of drug-likeness (QED) is 0.908. The molecule has 2 aromatic rings.